The van der Waals surface area contributed by atoms with E-state index in [4.69, 9.17) is 14.0 Å². The summed E-state index contributed by atoms with van der Waals surface area (Å²) >= 11 is 0. The van der Waals surface area contributed by atoms with Crippen LogP contribution < -0.4 is 14.0 Å². The maximum Gasteiger partial charge on any atom is 0.864 e. The van der Waals surface area contributed by atoms with E-state index in [9.17, 15) is 35.1 Å². The SMILES string of the molecule is CCC(c1c(OB(Oc2cc(F)c(F)c(F)c2)Oc2cc(F)c(F)c(F)c2)cc(F)c(F)c1F)[N+](C)(C)C. The van der Waals surface area contributed by atoms with E-state index >= 15 is 4.39 Å². The standard InChI is InChI=1S/C24H20BF9NO3/c1-5-18(35(2,3)4)20-19(10-17(30)23(33)24(20)34)38-25(36-11-6-13(26)21(31)14(27)7-11)37-12-8-15(28)22(32)16(29)9-12/h6-10,18H,5H2,1-4H3/q+1. The maximum atomic E-state index is 15.0. The molecule has 0 aliphatic carbocycles. The minimum Gasteiger partial charge on any atom is -0.489 e. The highest BCUT2D eigenvalue weighted by atomic mass is 19.2. The van der Waals surface area contributed by atoms with Gasteiger partial charge in [-0.25, -0.2) is 39.5 Å². The lowest BCUT2D eigenvalue weighted by Gasteiger charge is -2.35. The van der Waals surface area contributed by atoms with E-state index < -0.39 is 88.5 Å². The molecule has 0 saturated heterocycles. The number of rotatable bonds is 9. The summed E-state index contributed by atoms with van der Waals surface area (Å²) < 4.78 is 141. The van der Waals surface area contributed by atoms with E-state index in [2.05, 4.69) is 0 Å². The first kappa shape index (κ1) is 29.0. The van der Waals surface area contributed by atoms with Crippen LogP contribution in [-0.2, 0) is 0 Å². The predicted octanol–water partition coefficient (Wildman–Crippen LogP) is 6.62. The summed E-state index contributed by atoms with van der Waals surface area (Å²) in [7, 11) is 2.54. The molecule has 0 radical (unpaired) electrons. The van der Waals surface area contributed by atoms with Gasteiger partial charge in [0, 0.05) is 36.8 Å². The van der Waals surface area contributed by atoms with Crippen LogP contribution >= 0.6 is 0 Å². The quantitative estimate of drug-likeness (QED) is 0.129. The molecule has 0 aliphatic heterocycles. The molecular formula is C24H20BF9NO3+. The van der Waals surface area contributed by atoms with Crippen molar-refractivity contribution >= 4 is 7.32 Å². The number of halogens is 9. The Labute approximate surface area is 211 Å². The van der Waals surface area contributed by atoms with Gasteiger partial charge in [-0.1, -0.05) is 6.92 Å². The molecule has 1 atom stereocenters. The van der Waals surface area contributed by atoms with Crippen LogP contribution in [0, 0.1) is 52.4 Å². The van der Waals surface area contributed by atoms with Gasteiger partial charge in [0.1, 0.15) is 23.3 Å². The van der Waals surface area contributed by atoms with Crippen LogP contribution in [0.15, 0.2) is 30.3 Å². The van der Waals surface area contributed by atoms with Crippen molar-refractivity contribution in [1.29, 1.82) is 0 Å². The molecule has 0 bridgehead atoms. The zero-order valence-corrected chi connectivity index (χ0v) is 20.3. The summed E-state index contributed by atoms with van der Waals surface area (Å²) in [6.45, 7) is 1.62. The summed E-state index contributed by atoms with van der Waals surface area (Å²) in [4.78, 5) is 0. The third kappa shape index (κ3) is 6.12. The topological polar surface area (TPSA) is 27.7 Å². The van der Waals surface area contributed by atoms with Gasteiger partial charge in [-0.15, -0.1) is 0 Å². The molecule has 1 unspecified atom stereocenters. The molecule has 38 heavy (non-hydrogen) atoms. The average molecular weight is 552 g/mol. The zero-order chi connectivity index (χ0) is 28.5. The van der Waals surface area contributed by atoms with Gasteiger partial charge in [-0.3, -0.25) is 0 Å². The second-order valence-corrected chi connectivity index (χ2v) is 8.98. The van der Waals surface area contributed by atoms with Crippen LogP contribution in [0.2, 0.25) is 0 Å². The van der Waals surface area contributed by atoms with Crippen LogP contribution in [0.1, 0.15) is 24.9 Å². The van der Waals surface area contributed by atoms with Crippen LogP contribution in [0.5, 0.6) is 17.2 Å². The van der Waals surface area contributed by atoms with E-state index in [-0.39, 0.29) is 10.9 Å². The molecule has 4 nitrogen and oxygen atoms in total. The monoisotopic (exact) mass is 552 g/mol. The van der Waals surface area contributed by atoms with Gasteiger partial charge in [-0.05, 0) is 0 Å². The second kappa shape index (κ2) is 11.1. The first-order valence-electron chi connectivity index (χ1n) is 10.9. The molecule has 3 aromatic carbocycles. The maximum absolute atomic E-state index is 15.0. The van der Waals surface area contributed by atoms with Gasteiger partial charge in [0.05, 0.1) is 26.7 Å². The Hall–Kier alpha value is -3.55. The molecule has 204 valence electrons. The van der Waals surface area contributed by atoms with Gasteiger partial charge in [-0.2, -0.15) is 0 Å². The van der Waals surface area contributed by atoms with Crippen molar-refractivity contribution in [3.63, 3.8) is 0 Å². The Morgan fingerprint density at radius 2 is 1.00 bits per heavy atom. The first-order chi connectivity index (χ1) is 17.6. The van der Waals surface area contributed by atoms with Crippen molar-refractivity contribution in [3.05, 3.63) is 88.3 Å². The van der Waals surface area contributed by atoms with Crippen molar-refractivity contribution in [2.45, 2.75) is 19.4 Å². The summed E-state index contributed by atoms with van der Waals surface area (Å²) in [5.74, 6) is -17.9. The predicted molar refractivity (Wildman–Crippen MR) is 118 cm³/mol. The molecule has 0 N–H and O–H groups in total. The molecule has 3 aromatic rings. The Morgan fingerprint density at radius 1 is 0.605 bits per heavy atom. The number of nitrogens with zero attached hydrogens (tertiary/aromatic N) is 1. The van der Waals surface area contributed by atoms with Gasteiger partial charge < -0.3 is 18.4 Å². The zero-order valence-electron chi connectivity index (χ0n) is 20.3. The number of quaternary nitrogens is 1. The van der Waals surface area contributed by atoms with Crippen LogP contribution in [0.25, 0.3) is 0 Å². The fraction of sp³-hybridized carbons (Fsp3) is 0.250. The minimum absolute atomic E-state index is 0.00992. The summed E-state index contributed by atoms with van der Waals surface area (Å²) in [5, 5.41) is 0. The highest BCUT2D eigenvalue weighted by Crippen LogP contribution is 2.38. The normalized spacial score (nSPS) is 12.3. The van der Waals surface area contributed by atoms with Crippen molar-refractivity contribution in [2.24, 2.45) is 0 Å². The highest BCUT2D eigenvalue weighted by Gasteiger charge is 2.38. The fourth-order valence-corrected chi connectivity index (χ4v) is 3.73. The minimum atomic E-state index is -2.32. The van der Waals surface area contributed by atoms with Crippen LogP contribution in [0.4, 0.5) is 39.5 Å². The molecule has 0 saturated carbocycles. The molecular weight excluding hydrogens is 532 g/mol. The third-order valence-corrected chi connectivity index (χ3v) is 5.42. The van der Waals surface area contributed by atoms with Gasteiger partial charge in [0.25, 0.3) is 0 Å². The Kier molecular flexibility index (Phi) is 8.44. The largest absolute Gasteiger partial charge is 0.864 e. The van der Waals surface area contributed by atoms with Crippen LogP contribution in [-0.4, -0.2) is 32.9 Å². The van der Waals surface area contributed by atoms with Crippen molar-refractivity contribution in [1.82, 2.24) is 0 Å². The molecule has 0 heterocycles. The molecule has 0 aromatic heterocycles. The van der Waals surface area contributed by atoms with E-state index in [1.807, 2.05) is 0 Å². The van der Waals surface area contributed by atoms with Crippen molar-refractivity contribution in [3.8, 4) is 17.2 Å². The van der Waals surface area contributed by atoms with Crippen LogP contribution in [0.3, 0.4) is 0 Å². The van der Waals surface area contributed by atoms with E-state index in [1.165, 1.54) is 0 Å². The Morgan fingerprint density at radius 3 is 1.37 bits per heavy atom. The molecule has 3 rings (SSSR count). The molecule has 14 heteroatoms. The smallest absolute Gasteiger partial charge is 0.489 e. The fourth-order valence-electron chi connectivity index (χ4n) is 3.73. The number of benzene rings is 3. The van der Waals surface area contributed by atoms with Crippen molar-refractivity contribution < 1.29 is 58.0 Å². The molecule has 0 spiro atoms. The van der Waals surface area contributed by atoms with E-state index in [0.717, 1.165) is 0 Å². The lowest BCUT2D eigenvalue weighted by molar-refractivity contribution is -0.902. The lowest BCUT2D eigenvalue weighted by atomic mass is 9.98. The first-order valence-corrected chi connectivity index (χ1v) is 10.9. The second-order valence-electron chi connectivity index (χ2n) is 8.98. The summed E-state index contributed by atoms with van der Waals surface area (Å²) in [6.07, 6.45) is 0.178. The molecule has 0 amide bonds. The third-order valence-electron chi connectivity index (χ3n) is 5.42. The van der Waals surface area contributed by atoms with Gasteiger partial charge in [0.15, 0.2) is 52.4 Å². The summed E-state index contributed by atoms with van der Waals surface area (Å²) in [5.41, 5.74) is -0.482. The number of hydrogen-bond acceptors (Lipinski definition) is 3. The van der Waals surface area contributed by atoms with Gasteiger partial charge >= 0.3 is 7.32 Å². The van der Waals surface area contributed by atoms with Gasteiger partial charge in [0.2, 0.25) is 0 Å². The summed E-state index contributed by atoms with van der Waals surface area (Å²) in [6, 6.07) is 1.02. The van der Waals surface area contributed by atoms with E-state index in [1.54, 1.807) is 28.1 Å². The highest BCUT2D eigenvalue weighted by molar-refractivity contribution is 6.39. The van der Waals surface area contributed by atoms with Crippen molar-refractivity contribution in [2.75, 3.05) is 21.1 Å². The number of hydrogen-bond donors (Lipinski definition) is 0. The van der Waals surface area contributed by atoms with E-state index in [0.29, 0.717) is 30.3 Å². The molecule has 0 fully saturated rings. The average Bonchev–Trinajstić information content (AvgIpc) is 2.81. The molecule has 0 aliphatic rings. The Bertz CT molecular complexity index is 1250. The lowest BCUT2D eigenvalue weighted by Crippen LogP contribution is -2.41. The Balaban J connectivity index is 2.13.